The Kier molecular flexibility index (Phi) is 3.15. The van der Waals surface area contributed by atoms with Gasteiger partial charge in [0, 0.05) is 24.2 Å². The molecule has 0 amide bonds. The van der Waals surface area contributed by atoms with Crippen LogP contribution >= 0.6 is 0 Å². The van der Waals surface area contributed by atoms with Crippen LogP contribution in [0.4, 0.5) is 0 Å². The quantitative estimate of drug-likeness (QED) is 0.748. The van der Waals surface area contributed by atoms with Crippen molar-refractivity contribution in [2.75, 3.05) is 0 Å². The van der Waals surface area contributed by atoms with Gasteiger partial charge < -0.3 is 5.11 Å². The van der Waals surface area contributed by atoms with Crippen LogP contribution in [0.25, 0.3) is 0 Å². The molecule has 4 rings (SSSR count). The molecule has 4 aliphatic carbocycles. The van der Waals surface area contributed by atoms with Crippen molar-refractivity contribution in [3.8, 4) is 0 Å². The van der Waals surface area contributed by atoms with Crippen LogP contribution in [-0.2, 0) is 9.59 Å². The lowest BCUT2D eigenvalue weighted by Gasteiger charge is -2.59. The normalized spacial score (nSPS) is 54.6. The second-order valence-electron chi connectivity index (χ2n) is 8.96. The van der Waals surface area contributed by atoms with Gasteiger partial charge in [-0.25, -0.2) is 0 Å². The molecule has 122 valence electrons. The SMILES string of the molecule is C[C@]12CCC(O)C[C@@H]1CC(=O)[C@@H]1[C@@H]2CC[C@]2(C)C(=O)CC[C@@H]12. The van der Waals surface area contributed by atoms with Crippen molar-refractivity contribution in [3.05, 3.63) is 0 Å². The maximum absolute atomic E-state index is 12.9. The van der Waals surface area contributed by atoms with E-state index in [1.807, 2.05) is 0 Å². The number of carbonyl (C=O) groups excluding carboxylic acids is 2. The molecule has 0 bridgehead atoms. The molecule has 0 saturated heterocycles. The molecule has 1 N–H and O–H groups in total. The number of hydrogen-bond donors (Lipinski definition) is 1. The molecule has 22 heavy (non-hydrogen) atoms. The zero-order valence-electron chi connectivity index (χ0n) is 13.8. The number of aliphatic hydroxyl groups excluding tert-OH is 1. The summed E-state index contributed by atoms with van der Waals surface area (Å²) in [5, 5.41) is 10.0. The molecule has 4 fully saturated rings. The van der Waals surface area contributed by atoms with E-state index in [1.165, 1.54) is 0 Å². The Morgan fingerprint density at radius 3 is 2.59 bits per heavy atom. The van der Waals surface area contributed by atoms with Crippen molar-refractivity contribution >= 4 is 11.6 Å². The number of fused-ring (bicyclic) bond motifs is 5. The molecule has 0 aromatic rings. The number of hydrogen-bond acceptors (Lipinski definition) is 3. The van der Waals surface area contributed by atoms with Crippen LogP contribution in [0.5, 0.6) is 0 Å². The van der Waals surface area contributed by atoms with Crippen LogP contribution in [0.15, 0.2) is 0 Å². The van der Waals surface area contributed by atoms with E-state index in [0.29, 0.717) is 36.2 Å². The average Bonchev–Trinajstić information content (AvgIpc) is 2.77. The molecule has 7 atom stereocenters. The third kappa shape index (κ3) is 1.78. The van der Waals surface area contributed by atoms with Crippen LogP contribution in [0, 0.1) is 34.5 Å². The van der Waals surface area contributed by atoms with Crippen molar-refractivity contribution < 1.29 is 14.7 Å². The minimum atomic E-state index is -0.228. The molecule has 4 saturated carbocycles. The first-order chi connectivity index (χ1) is 10.4. The number of Topliss-reactive ketones (excluding diaryl/α,β-unsaturated/α-hetero) is 2. The highest BCUT2D eigenvalue weighted by Crippen LogP contribution is 2.64. The summed E-state index contributed by atoms with van der Waals surface area (Å²) in [4.78, 5) is 25.3. The summed E-state index contributed by atoms with van der Waals surface area (Å²) in [5.74, 6) is 1.99. The van der Waals surface area contributed by atoms with Gasteiger partial charge in [0.05, 0.1) is 6.10 Å². The zero-order chi connectivity index (χ0) is 15.7. The third-order valence-corrected chi connectivity index (χ3v) is 8.15. The smallest absolute Gasteiger partial charge is 0.139 e. The van der Waals surface area contributed by atoms with Crippen molar-refractivity contribution in [1.82, 2.24) is 0 Å². The summed E-state index contributed by atoms with van der Waals surface area (Å²) in [6, 6.07) is 0. The fourth-order valence-corrected chi connectivity index (χ4v) is 6.68. The first-order valence-corrected chi connectivity index (χ1v) is 9.10. The number of rotatable bonds is 0. The van der Waals surface area contributed by atoms with E-state index < -0.39 is 0 Å². The molecule has 0 aromatic heterocycles. The predicted molar refractivity (Wildman–Crippen MR) is 83.1 cm³/mol. The molecule has 4 aliphatic rings. The van der Waals surface area contributed by atoms with Gasteiger partial charge >= 0.3 is 0 Å². The lowest BCUT2D eigenvalue weighted by Crippen LogP contribution is -2.57. The Hall–Kier alpha value is -0.700. The van der Waals surface area contributed by atoms with E-state index in [9.17, 15) is 14.7 Å². The van der Waals surface area contributed by atoms with Gasteiger partial charge in [-0.3, -0.25) is 9.59 Å². The number of carbonyl (C=O) groups is 2. The Morgan fingerprint density at radius 1 is 1.05 bits per heavy atom. The van der Waals surface area contributed by atoms with E-state index >= 15 is 0 Å². The van der Waals surface area contributed by atoms with Gasteiger partial charge in [0.15, 0.2) is 0 Å². The standard InChI is InChI=1S/C19H28O3/c1-18-7-5-12(20)9-11(18)10-15(21)17-13-3-4-16(22)19(13,2)8-6-14(17)18/h11-14,17,20H,3-10H2,1-2H3/t11-,12?,13+,14+,17+,18+,19+/m1/s1. The maximum atomic E-state index is 12.9. The number of aliphatic hydroxyl groups is 1. The number of ketones is 2. The highest BCUT2D eigenvalue weighted by molar-refractivity contribution is 5.90. The first kappa shape index (κ1) is 14.9. The molecule has 3 heteroatoms. The first-order valence-electron chi connectivity index (χ1n) is 9.10. The van der Waals surface area contributed by atoms with Crippen LogP contribution < -0.4 is 0 Å². The topological polar surface area (TPSA) is 54.4 Å². The van der Waals surface area contributed by atoms with E-state index in [0.717, 1.165) is 38.5 Å². The average molecular weight is 304 g/mol. The third-order valence-electron chi connectivity index (χ3n) is 8.15. The van der Waals surface area contributed by atoms with E-state index in [-0.39, 0.29) is 28.8 Å². The summed E-state index contributed by atoms with van der Waals surface area (Å²) in [5.41, 5.74) is -0.0288. The molecule has 1 unspecified atom stereocenters. The van der Waals surface area contributed by atoms with Gasteiger partial charge in [-0.05, 0) is 61.7 Å². The second-order valence-corrected chi connectivity index (χ2v) is 8.96. The van der Waals surface area contributed by atoms with E-state index in [4.69, 9.17) is 0 Å². The van der Waals surface area contributed by atoms with Gasteiger partial charge in [-0.2, -0.15) is 0 Å². The van der Waals surface area contributed by atoms with Gasteiger partial charge in [0.25, 0.3) is 0 Å². The lowest BCUT2D eigenvalue weighted by molar-refractivity contribution is -0.160. The molecular weight excluding hydrogens is 276 g/mol. The minimum Gasteiger partial charge on any atom is -0.393 e. The highest BCUT2D eigenvalue weighted by atomic mass is 16.3. The molecule has 0 aromatic carbocycles. The maximum Gasteiger partial charge on any atom is 0.139 e. The van der Waals surface area contributed by atoms with Gasteiger partial charge in [0.1, 0.15) is 11.6 Å². The molecule has 0 aliphatic heterocycles. The molecule has 0 spiro atoms. The summed E-state index contributed by atoms with van der Waals surface area (Å²) in [7, 11) is 0. The molecule has 0 radical (unpaired) electrons. The van der Waals surface area contributed by atoms with Gasteiger partial charge in [-0.1, -0.05) is 13.8 Å². The highest BCUT2D eigenvalue weighted by Gasteiger charge is 2.62. The molecule has 0 heterocycles. The fourth-order valence-electron chi connectivity index (χ4n) is 6.68. The monoisotopic (exact) mass is 304 g/mol. The Balaban J connectivity index is 1.70. The van der Waals surface area contributed by atoms with Crippen molar-refractivity contribution in [2.45, 2.75) is 71.3 Å². The second kappa shape index (κ2) is 4.66. The zero-order valence-corrected chi connectivity index (χ0v) is 13.8. The Morgan fingerprint density at radius 2 is 1.82 bits per heavy atom. The van der Waals surface area contributed by atoms with Crippen LogP contribution in [0.2, 0.25) is 0 Å². The van der Waals surface area contributed by atoms with Gasteiger partial charge in [0.2, 0.25) is 0 Å². The summed E-state index contributed by atoms with van der Waals surface area (Å²) in [6.07, 6.45) is 6.73. The molecular formula is C19H28O3. The van der Waals surface area contributed by atoms with Crippen molar-refractivity contribution in [2.24, 2.45) is 34.5 Å². The van der Waals surface area contributed by atoms with Crippen molar-refractivity contribution in [1.29, 1.82) is 0 Å². The van der Waals surface area contributed by atoms with E-state index in [1.54, 1.807) is 0 Å². The summed E-state index contributed by atoms with van der Waals surface area (Å²) >= 11 is 0. The Bertz CT molecular complexity index is 527. The lowest BCUT2D eigenvalue weighted by atomic mass is 9.45. The molecule has 3 nitrogen and oxygen atoms in total. The largest absolute Gasteiger partial charge is 0.393 e. The predicted octanol–water partition coefficient (Wildman–Crippen LogP) is 3.14. The van der Waals surface area contributed by atoms with Crippen LogP contribution in [0.1, 0.15) is 65.2 Å². The summed E-state index contributed by atoms with van der Waals surface area (Å²) < 4.78 is 0. The fraction of sp³-hybridized carbons (Fsp3) is 0.895. The van der Waals surface area contributed by atoms with Gasteiger partial charge in [-0.15, -0.1) is 0 Å². The Labute approximate surface area is 132 Å². The van der Waals surface area contributed by atoms with E-state index in [2.05, 4.69) is 13.8 Å². The summed E-state index contributed by atoms with van der Waals surface area (Å²) in [6.45, 7) is 4.49. The van der Waals surface area contributed by atoms with Crippen LogP contribution in [0.3, 0.4) is 0 Å². The minimum absolute atomic E-state index is 0.113. The van der Waals surface area contributed by atoms with Crippen LogP contribution in [-0.4, -0.2) is 22.8 Å². The van der Waals surface area contributed by atoms with Crippen molar-refractivity contribution in [3.63, 3.8) is 0 Å².